The monoisotopic (exact) mass is 299 g/mol. The summed E-state index contributed by atoms with van der Waals surface area (Å²) >= 11 is 0.717. The van der Waals surface area contributed by atoms with Crippen LogP contribution in [0.15, 0.2) is 36.0 Å². The van der Waals surface area contributed by atoms with Crippen LogP contribution in [0.4, 0.5) is 18.3 Å². The third-order valence-electron chi connectivity index (χ3n) is 2.14. The van der Waals surface area contributed by atoms with Crippen LogP contribution in [0, 0.1) is 0 Å². The van der Waals surface area contributed by atoms with Crippen LogP contribution in [0.1, 0.15) is 11.3 Å². The number of rotatable bonds is 3. The molecule has 4 nitrogen and oxygen atoms in total. The molecule has 20 heavy (non-hydrogen) atoms. The Bertz CT molecular complexity index is 622. The van der Waals surface area contributed by atoms with E-state index in [9.17, 15) is 18.0 Å². The van der Waals surface area contributed by atoms with Gasteiger partial charge in [0.25, 0.3) is 0 Å². The van der Waals surface area contributed by atoms with E-state index in [0.717, 1.165) is 16.7 Å². The van der Waals surface area contributed by atoms with Crippen LogP contribution in [0.25, 0.3) is 6.08 Å². The van der Waals surface area contributed by atoms with Crippen molar-refractivity contribution in [3.63, 3.8) is 0 Å². The van der Waals surface area contributed by atoms with Gasteiger partial charge in [0.05, 0.1) is 0 Å². The van der Waals surface area contributed by atoms with Crippen molar-refractivity contribution >= 4 is 28.5 Å². The van der Waals surface area contributed by atoms with E-state index in [4.69, 9.17) is 0 Å². The molecule has 1 amide bonds. The molecule has 2 rings (SSSR count). The first kappa shape index (κ1) is 14.2. The Morgan fingerprint density at radius 1 is 1.40 bits per heavy atom. The molecule has 104 valence electrons. The number of aromatic nitrogens is 2. The number of anilines is 1. The zero-order chi connectivity index (χ0) is 14.6. The van der Waals surface area contributed by atoms with Crippen LogP contribution in [0.2, 0.25) is 0 Å². The summed E-state index contributed by atoms with van der Waals surface area (Å²) in [6, 6.07) is 3.44. The smallest absolute Gasteiger partial charge is 0.298 e. The van der Waals surface area contributed by atoms with E-state index < -0.39 is 17.8 Å². The maximum Gasteiger partial charge on any atom is 0.434 e. The second-order valence-corrected chi connectivity index (χ2v) is 4.50. The fraction of sp³-hybridized carbons (Fsp3) is 0.0833. The van der Waals surface area contributed by atoms with E-state index in [1.807, 2.05) is 0 Å². The Kier molecular flexibility index (Phi) is 4.14. The van der Waals surface area contributed by atoms with Gasteiger partial charge in [-0.15, -0.1) is 11.3 Å². The van der Waals surface area contributed by atoms with E-state index in [1.54, 1.807) is 24.5 Å². The lowest BCUT2D eigenvalue weighted by Gasteiger charge is -2.00. The number of hydrogen-bond donors (Lipinski definition) is 1. The first-order valence-electron chi connectivity index (χ1n) is 5.37. The van der Waals surface area contributed by atoms with E-state index in [1.165, 1.54) is 12.2 Å². The fourth-order valence-corrected chi connectivity index (χ4v) is 1.98. The highest BCUT2D eigenvalue weighted by atomic mass is 32.1. The molecule has 0 fully saturated rings. The van der Waals surface area contributed by atoms with Crippen molar-refractivity contribution in [2.45, 2.75) is 6.18 Å². The summed E-state index contributed by atoms with van der Waals surface area (Å²) in [5.74, 6) is -0.558. The average molecular weight is 299 g/mol. The number of nitrogens with one attached hydrogen (secondary N) is 1. The summed E-state index contributed by atoms with van der Waals surface area (Å²) in [7, 11) is 0. The van der Waals surface area contributed by atoms with Gasteiger partial charge in [0.15, 0.2) is 10.8 Å². The number of nitrogens with zero attached hydrogens (tertiary/aromatic N) is 2. The first-order chi connectivity index (χ1) is 9.45. The van der Waals surface area contributed by atoms with Gasteiger partial charge in [-0.05, 0) is 17.7 Å². The van der Waals surface area contributed by atoms with Crippen molar-refractivity contribution in [3.05, 3.63) is 47.2 Å². The summed E-state index contributed by atoms with van der Waals surface area (Å²) in [6.07, 6.45) is 1.33. The summed E-state index contributed by atoms with van der Waals surface area (Å²) < 4.78 is 37.0. The van der Waals surface area contributed by atoms with E-state index in [-0.39, 0.29) is 5.13 Å². The molecular weight excluding hydrogens is 291 g/mol. The summed E-state index contributed by atoms with van der Waals surface area (Å²) in [4.78, 5) is 18.7. The van der Waals surface area contributed by atoms with Gasteiger partial charge in [-0.3, -0.25) is 15.1 Å². The normalized spacial score (nSPS) is 11.8. The van der Waals surface area contributed by atoms with Crippen LogP contribution < -0.4 is 5.32 Å². The number of carbonyl (C=O) groups excluding carboxylic acids is 1. The van der Waals surface area contributed by atoms with Crippen molar-refractivity contribution < 1.29 is 18.0 Å². The molecule has 2 aromatic rings. The van der Waals surface area contributed by atoms with Gasteiger partial charge in [0, 0.05) is 23.8 Å². The minimum atomic E-state index is -4.51. The Balaban J connectivity index is 1.98. The predicted molar refractivity (Wildman–Crippen MR) is 69.0 cm³/mol. The van der Waals surface area contributed by atoms with Crippen LogP contribution >= 0.6 is 11.3 Å². The molecule has 0 saturated carbocycles. The second kappa shape index (κ2) is 5.83. The predicted octanol–water partition coefficient (Wildman–Crippen LogP) is 3.21. The van der Waals surface area contributed by atoms with Gasteiger partial charge in [-0.2, -0.15) is 13.2 Å². The minimum Gasteiger partial charge on any atom is -0.298 e. The highest BCUT2D eigenvalue weighted by Crippen LogP contribution is 2.31. The van der Waals surface area contributed by atoms with E-state index in [2.05, 4.69) is 15.3 Å². The van der Waals surface area contributed by atoms with Crippen molar-refractivity contribution in [3.8, 4) is 0 Å². The fourth-order valence-electron chi connectivity index (χ4n) is 1.25. The third-order valence-corrected chi connectivity index (χ3v) is 2.89. The molecule has 1 N–H and O–H groups in total. The van der Waals surface area contributed by atoms with Crippen molar-refractivity contribution in [2.75, 3.05) is 5.32 Å². The zero-order valence-corrected chi connectivity index (χ0v) is 10.7. The van der Waals surface area contributed by atoms with Crippen molar-refractivity contribution in [2.24, 2.45) is 0 Å². The standard InChI is InChI=1S/C12H8F3N3OS/c13-12(14,15)9-7-20-11(17-9)18-10(19)4-3-8-2-1-5-16-6-8/h1-7H,(H,17,18,19)/b4-3-. The number of hydrogen-bond acceptors (Lipinski definition) is 4. The third kappa shape index (κ3) is 3.89. The van der Waals surface area contributed by atoms with Crippen molar-refractivity contribution in [1.29, 1.82) is 0 Å². The molecule has 0 saturated heterocycles. The Morgan fingerprint density at radius 3 is 2.80 bits per heavy atom. The molecule has 0 unspecified atom stereocenters. The minimum absolute atomic E-state index is 0.0989. The van der Waals surface area contributed by atoms with Gasteiger partial charge in [0.1, 0.15) is 0 Å². The topological polar surface area (TPSA) is 54.9 Å². The SMILES string of the molecule is O=C(/C=C\c1cccnc1)Nc1nc(C(F)(F)F)cs1. The number of amides is 1. The molecule has 2 aromatic heterocycles. The molecular formula is C12H8F3N3OS. The lowest BCUT2D eigenvalue weighted by Crippen LogP contribution is -2.09. The molecule has 0 aromatic carbocycles. The lowest BCUT2D eigenvalue weighted by atomic mass is 10.2. The number of thiazole rings is 1. The zero-order valence-electron chi connectivity index (χ0n) is 9.89. The number of carbonyl (C=O) groups is 1. The second-order valence-electron chi connectivity index (χ2n) is 3.64. The van der Waals surface area contributed by atoms with Crippen molar-refractivity contribution in [1.82, 2.24) is 9.97 Å². The maximum absolute atomic E-state index is 12.3. The largest absolute Gasteiger partial charge is 0.434 e. The molecule has 2 heterocycles. The quantitative estimate of drug-likeness (QED) is 0.885. The molecule has 0 aliphatic heterocycles. The summed E-state index contributed by atoms with van der Waals surface area (Å²) in [5.41, 5.74) is -0.313. The van der Waals surface area contributed by atoms with E-state index >= 15 is 0 Å². The Labute approximate surface area is 116 Å². The molecule has 0 aliphatic carbocycles. The van der Waals surface area contributed by atoms with Gasteiger partial charge in [-0.1, -0.05) is 6.07 Å². The Hall–Kier alpha value is -2.22. The number of pyridine rings is 1. The summed E-state index contributed by atoms with van der Waals surface area (Å²) in [6.45, 7) is 0. The van der Waals surface area contributed by atoms with Gasteiger partial charge in [0.2, 0.25) is 5.91 Å². The number of alkyl halides is 3. The van der Waals surface area contributed by atoms with Gasteiger partial charge >= 0.3 is 6.18 Å². The average Bonchev–Trinajstić information content (AvgIpc) is 2.86. The molecule has 0 bridgehead atoms. The highest BCUT2D eigenvalue weighted by molar-refractivity contribution is 7.14. The first-order valence-corrected chi connectivity index (χ1v) is 6.25. The maximum atomic E-state index is 12.3. The van der Waals surface area contributed by atoms with Crippen LogP contribution in [0.5, 0.6) is 0 Å². The van der Waals surface area contributed by atoms with Gasteiger partial charge < -0.3 is 0 Å². The molecule has 0 spiro atoms. The molecule has 0 atom stereocenters. The molecule has 0 aliphatic rings. The summed E-state index contributed by atoms with van der Waals surface area (Å²) in [5, 5.41) is 3.01. The van der Waals surface area contributed by atoms with Gasteiger partial charge in [-0.25, -0.2) is 4.98 Å². The highest BCUT2D eigenvalue weighted by Gasteiger charge is 2.33. The molecule has 8 heteroatoms. The molecule has 0 radical (unpaired) electrons. The van der Waals surface area contributed by atoms with Crippen LogP contribution in [-0.4, -0.2) is 15.9 Å². The van der Waals surface area contributed by atoms with E-state index in [0.29, 0.717) is 5.56 Å². The van der Waals surface area contributed by atoms with Crippen LogP contribution in [0.3, 0.4) is 0 Å². The lowest BCUT2D eigenvalue weighted by molar-refractivity contribution is -0.140. The Morgan fingerprint density at radius 2 is 2.20 bits per heavy atom. The van der Waals surface area contributed by atoms with Crippen LogP contribution in [-0.2, 0) is 11.0 Å². The number of halogens is 3.